The smallest absolute Gasteiger partial charge is 0.330 e. The van der Waals surface area contributed by atoms with Gasteiger partial charge in [-0.2, -0.15) is 0 Å². The number of aliphatic hydroxyl groups is 1. The van der Waals surface area contributed by atoms with Crippen molar-refractivity contribution < 1.29 is 18.7 Å². The maximum Gasteiger partial charge on any atom is 0.330 e. The first kappa shape index (κ1) is 38.5. The molecule has 2 heterocycles. The summed E-state index contributed by atoms with van der Waals surface area (Å²) < 4.78 is 24.4. The maximum absolute atomic E-state index is 13.1. The Bertz CT molecular complexity index is 1090. The molecular weight excluding hydrogens is 577 g/mol. The van der Waals surface area contributed by atoms with Crippen LogP contribution in [0, 0.1) is 0 Å². The fourth-order valence-corrected chi connectivity index (χ4v) is 7.30. The molecule has 0 amide bonds. The molecule has 0 spiro atoms. The lowest BCUT2D eigenvalue weighted by molar-refractivity contribution is 0.207. The predicted molar refractivity (Wildman–Crippen MR) is 182 cm³/mol. The molecule has 0 bridgehead atoms. The predicted octanol–water partition coefficient (Wildman–Crippen LogP) is 7.96. The van der Waals surface area contributed by atoms with Crippen molar-refractivity contribution in [3.05, 3.63) is 22.1 Å². The quantitative estimate of drug-likeness (QED) is 0.0426. The standard InChI is InChI=1S/C33H62N5O5P/c1-2-42-44(41,26-22-23-35-27-29-28-36-31-30(29)37-33(34)38-32(31)40)43-25-21-19-17-15-13-11-9-7-5-3-4-6-8-10-12-14-16-18-20-24-39/h28,35-36,39H,2-27H2,1H3,(H3,34,37,38,40). The number of nitrogens with two attached hydrogens (primary N) is 1. The molecule has 2 aromatic heterocycles. The van der Waals surface area contributed by atoms with Gasteiger partial charge in [0.05, 0.1) is 19.4 Å². The summed E-state index contributed by atoms with van der Waals surface area (Å²) in [5.41, 5.74) is 7.21. The molecule has 2 rings (SSSR count). The Balaban J connectivity index is 1.40. The van der Waals surface area contributed by atoms with Crippen molar-refractivity contribution in [2.75, 3.05) is 38.3 Å². The van der Waals surface area contributed by atoms with Gasteiger partial charge in [0.1, 0.15) is 11.0 Å². The highest BCUT2D eigenvalue weighted by atomic mass is 31.2. The van der Waals surface area contributed by atoms with Crippen LogP contribution < -0.4 is 16.6 Å². The summed E-state index contributed by atoms with van der Waals surface area (Å²) in [6.45, 7) is 4.20. The van der Waals surface area contributed by atoms with E-state index in [1.54, 1.807) is 6.20 Å². The zero-order valence-electron chi connectivity index (χ0n) is 27.5. The van der Waals surface area contributed by atoms with E-state index in [9.17, 15) is 9.36 Å². The van der Waals surface area contributed by atoms with E-state index in [1.807, 2.05) is 6.92 Å². The molecule has 0 radical (unpaired) electrons. The Morgan fingerprint density at radius 2 is 1.34 bits per heavy atom. The molecule has 11 heteroatoms. The van der Waals surface area contributed by atoms with Crippen LogP contribution in [0.2, 0.25) is 0 Å². The van der Waals surface area contributed by atoms with Crippen LogP contribution in [0.25, 0.3) is 11.0 Å². The van der Waals surface area contributed by atoms with Crippen molar-refractivity contribution in [2.24, 2.45) is 0 Å². The fourth-order valence-electron chi connectivity index (χ4n) is 5.63. The van der Waals surface area contributed by atoms with Crippen LogP contribution in [-0.2, 0) is 20.2 Å². The van der Waals surface area contributed by atoms with Crippen molar-refractivity contribution in [1.29, 1.82) is 0 Å². The minimum Gasteiger partial charge on any atom is -0.396 e. The summed E-state index contributed by atoms with van der Waals surface area (Å²) >= 11 is 0. The average molecular weight is 640 g/mol. The summed E-state index contributed by atoms with van der Waals surface area (Å²) in [5.74, 6) is 0.0920. The third kappa shape index (κ3) is 17.1. The topological polar surface area (TPSA) is 155 Å². The monoisotopic (exact) mass is 639 g/mol. The van der Waals surface area contributed by atoms with Crippen LogP contribution in [0.5, 0.6) is 0 Å². The number of hydrogen-bond donors (Lipinski definition) is 5. The molecule has 0 aliphatic rings. The molecule has 0 fully saturated rings. The van der Waals surface area contributed by atoms with Gasteiger partial charge < -0.3 is 30.2 Å². The van der Waals surface area contributed by atoms with Crippen LogP contribution in [0.4, 0.5) is 5.95 Å². The average Bonchev–Trinajstić information content (AvgIpc) is 3.41. The van der Waals surface area contributed by atoms with Gasteiger partial charge in [-0.3, -0.25) is 14.3 Å². The summed E-state index contributed by atoms with van der Waals surface area (Å²) in [5, 5.41) is 12.1. The highest BCUT2D eigenvalue weighted by Gasteiger charge is 2.23. The minimum absolute atomic E-state index is 0.0920. The Morgan fingerprint density at radius 1 is 0.818 bits per heavy atom. The normalized spacial score (nSPS) is 13.1. The molecule has 0 saturated carbocycles. The second-order valence-corrected chi connectivity index (χ2v) is 14.2. The number of H-pyrrole nitrogens is 2. The molecule has 0 aromatic carbocycles. The highest BCUT2D eigenvalue weighted by Crippen LogP contribution is 2.48. The number of aromatic amines is 2. The molecule has 44 heavy (non-hydrogen) atoms. The molecule has 2 aromatic rings. The lowest BCUT2D eigenvalue weighted by Gasteiger charge is -2.18. The van der Waals surface area contributed by atoms with Gasteiger partial charge in [-0.05, 0) is 32.7 Å². The van der Waals surface area contributed by atoms with E-state index in [1.165, 1.54) is 103 Å². The first-order valence-electron chi connectivity index (χ1n) is 17.5. The second-order valence-electron chi connectivity index (χ2n) is 12.0. The number of aliphatic hydroxyl groups excluding tert-OH is 1. The zero-order chi connectivity index (χ0) is 31.7. The van der Waals surface area contributed by atoms with Crippen molar-refractivity contribution in [3.63, 3.8) is 0 Å². The van der Waals surface area contributed by atoms with Gasteiger partial charge >= 0.3 is 7.60 Å². The van der Waals surface area contributed by atoms with E-state index in [4.69, 9.17) is 19.9 Å². The first-order chi connectivity index (χ1) is 21.5. The third-order valence-electron chi connectivity index (χ3n) is 8.15. The van der Waals surface area contributed by atoms with Crippen molar-refractivity contribution >= 4 is 24.6 Å². The summed E-state index contributed by atoms with van der Waals surface area (Å²) in [6, 6.07) is 0. The van der Waals surface area contributed by atoms with Gasteiger partial charge in [-0.1, -0.05) is 109 Å². The Hall–Kier alpha value is -1.71. The first-order valence-corrected chi connectivity index (χ1v) is 19.3. The zero-order valence-corrected chi connectivity index (χ0v) is 28.4. The Morgan fingerprint density at radius 3 is 1.86 bits per heavy atom. The molecule has 6 N–H and O–H groups in total. The molecule has 0 aliphatic heterocycles. The van der Waals surface area contributed by atoms with E-state index >= 15 is 0 Å². The number of rotatable bonds is 30. The van der Waals surface area contributed by atoms with Crippen LogP contribution in [-0.4, -0.2) is 52.6 Å². The SMILES string of the molecule is CCOP(=O)(CCCNCc1c[nH]c2c(=O)[nH]c(N)nc12)OCCCCCCCCCCCCCCCCCCCCCO. The summed E-state index contributed by atoms with van der Waals surface area (Å²) in [7, 11) is -3.09. The number of anilines is 1. The number of nitrogen functional groups attached to an aromatic ring is 1. The largest absolute Gasteiger partial charge is 0.396 e. The molecule has 10 nitrogen and oxygen atoms in total. The maximum atomic E-state index is 13.1. The minimum atomic E-state index is -3.09. The Kier molecular flexibility index (Phi) is 21.4. The van der Waals surface area contributed by atoms with E-state index in [2.05, 4.69) is 20.3 Å². The van der Waals surface area contributed by atoms with Gasteiger partial charge in [-0.15, -0.1) is 0 Å². The van der Waals surface area contributed by atoms with Gasteiger partial charge in [0, 0.05) is 24.9 Å². The van der Waals surface area contributed by atoms with Crippen molar-refractivity contribution in [3.8, 4) is 0 Å². The number of fused-ring (bicyclic) bond motifs is 1. The summed E-state index contributed by atoms with van der Waals surface area (Å²) in [4.78, 5) is 21.6. The van der Waals surface area contributed by atoms with Crippen molar-refractivity contribution in [1.82, 2.24) is 20.3 Å². The Labute approximate surface area is 265 Å². The molecule has 0 aliphatic carbocycles. The number of nitrogens with zero attached hydrogens (tertiary/aromatic N) is 1. The van der Waals surface area contributed by atoms with Gasteiger partial charge in [0.15, 0.2) is 0 Å². The van der Waals surface area contributed by atoms with Gasteiger partial charge in [0.25, 0.3) is 5.56 Å². The molecule has 1 unspecified atom stereocenters. The highest BCUT2D eigenvalue weighted by molar-refractivity contribution is 7.53. The van der Waals surface area contributed by atoms with Crippen LogP contribution in [0.1, 0.15) is 141 Å². The van der Waals surface area contributed by atoms with Crippen LogP contribution in [0.3, 0.4) is 0 Å². The summed E-state index contributed by atoms with van der Waals surface area (Å²) in [6.07, 6.45) is 27.1. The number of hydrogen-bond acceptors (Lipinski definition) is 8. The molecular formula is C33H62N5O5P. The van der Waals surface area contributed by atoms with Gasteiger partial charge in [-0.25, -0.2) is 4.98 Å². The van der Waals surface area contributed by atoms with E-state index in [0.29, 0.717) is 56.5 Å². The lowest BCUT2D eigenvalue weighted by Crippen LogP contribution is -2.17. The van der Waals surface area contributed by atoms with Crippen molar-refractivity contribution in [2.45, 2.75) is 142 Å². The van der Waals surface area contributed by atoms with E-state index < -0.39 is 7.60 Å². The van der Waals surface area contributed by atoms with E-state index in [0.717, 1.165) is 24.8 Å². The molecule has 254 valence electrons. The lowest BCUT2D eigenvalue weighted by atomic mass is 10.0. The number of unbranched alkanes of at least 4 members (excludes halogenated alkanes) is 18. The third-order valence-corrected chi connectivity index (χ3v) is 10.2. The molecule has 1 atom stereocenters. The van der Waals surface area contributed by atoms with Gasteiger partial charge in [0.2, 0.25) is 5.95 Å². The second kappa shape index (κ2) is 24.5. The van der Waals surface area contributed by atoms with Crippen LogP contribution >= 0.6 is 7.60 Å². The molecule has 0 saturated heterocycles. The fraction of sp³-hybridized carbons (Fsp3) is 0.818. The van der Waals surface area contributed by atoms with Crippen LogP contribution in [0.15, 0.2) is 11.0 Å². The van der Waals surface area contributed by atoms with E-state index in [-0.39, 0.29) is 11.5 Å². The number of aromatic nitrogens is 3. The number of nitrogens with one attached hydrogen (secondary N) is 3.